The molecule has 1 amide bonds. The minimum Gasteiger partial charge on any atom is -0.507 e. The number of benzene rings is 2. The number of ketones is 1. The number of hydrogen-bond acceptors (Lipinski definition) is 6. The van der Waals surface area contributed by atoms with E-state index >= 15 is 0 Å². The summed E-state index contributed by atoms with van der Waals surface area (Å²) in [6.45, 7) is 8.03. The Kier molecular flexibility index (Phi) is 8.57. The second-order valence-corrected chi connectivity index (χ2v) is 9.98. The number of morpholine rings is 1. The zero-order valence-corrected chi connectivity index (χ0v) is 21.9. The van der Waals surface area contributed by atoms with Gasteiger partial charge in [0.25, 0.3) is 11.7 Å². The molecule has 2 heterocycles. The van der Waals surface area contributed by atoms with Gasteiger partial charge in [0, 0.05) is 31.7 Å². The third-order valence-electron chi connectivity index (χ3n) is 6.28. The van der Waals surface area contributed by atoms with Gasteiger partial charge >= 0.3 is 0 Å². The van der Waals surface area contributed by atoms with Gasteiger partial charge in [-0.1, -0.05) is 29.3 Å². The van der Waals surface area contributed by atoms with Gasteiger partial charge in [-0.3, -0.25) is 14.5 Å². The summed E-state index contributed by atoms with van der Waals surface area (Å²) in [5.41, 5.74) is 1.06. The molecule has 0 saturated carbocycles. The molecule has 2 aliphatic heterocycles. The highest BCUT2D eigenvalue weighted by molar-refractivity contribution is 6.46. The fourth-order valence-corrected chi connectivity index (χ4v) is 4.85. The van der Waals surface area contributed by atoms with Crippen molar-refractivity contribution in [3.8, 4) is 5.75 Å². The molecule has 2 aromatic rings. The number of hydrogen-bond donors (Lipinski definition) is 1. The first-order chi connectivity index (χ1) is 17.3. The molecule has 2 saturated heterocycles. The van der Waals surface area contributed by atoms with E-state index in [-0.39, 0.29) is 17.4 Å². The number of rotatable bonds is 8. The van der Waals surface area contributed by atoms with Crippen molar-refractivity contribution < 1.29 is 24.2 Å². The SMILES string of the molecule is CC(C)Oc1ccc(/C(O)=C2\C(=O)C(=O)N(CCCN3CCOCC3)C2c2ccc(Cl)c(Cl)c2)cc1. The summed E-state index contributed by atoms with van der Waals surface area (Å²) < 4.78 is 11.1. The molecule has 7 nitrogen and oxygen atoms in total. The first-order valence-electron chi connectivity index (χ1n) is 12.1. The van der Waals surface area contributed by atoms with Crippen LogP contribution in [0.5, 0.6) is 5.75 Å². The van der Waals surface area contributed by atoms with Crippen LogP contribution in [0.25, 0.3) is 5.76 Å². The highest BCUT2D eigenvalue weighted by Crippen LogP contribution is 2.41. The predicted octanol–water partition coefficient (Wildman–Crippen LogP) is 4.92. The van der Waals surface area contributed by atoms with Crippen LogP contribution in [0.2, 0.25) is 10.0 Å². The second-order valence-electron chi connectivity index (χ2n) is 9.16. The molecule has 1 unspecified atom stereocenters. The molecule has 2 aliphatic rings. The Bertz CT molecular complexity index is 1140. The van der Waals surface area contributed by atoms with Crippen molar-refractivity contribution in [2.45, 2.75) is 32.4 Å². The van der Waals surface area contributed by atoms with Crippen LogP contribution in [0.1, 0.15) is 37.4 Å². The van der Waals surface area contributed by atoms with Crippen LogP contribution in [0.15, 0.2) is 48.0 Å². The van der Waals surface area contributed by atoms with Crippen LogP contribution >= 0.6 is 23.2 Å². The Balaban J connectivity index is 1.67. The number of carbonyl (C=O) groups is 2. The zero-order chi connectivity index (χ0) is 25.8. The molecule has 0 bridgehead atoms. The minimum atomic E-state index is -0.781. The highest BCUT2D eigenvalue weighted by Gasteiger charge is 2.46. The molecule has 2 aromatic carbocycles. The molecule has 0 aromatic heterocycles. The molecule has 2 fully saturated rings. The minimum absolute atomic E-state index is 0.00175. The summed E-state index contributed by atoms with van der Waals surface area (Å²) in [5.74, 6) is -0.964. The average Bonchev–Trinajstić information content (AvgIpc) is 3.11. The van der Waals surface area contributed by atoms with Crippen LogP contribution in [0.4, 0.5) is 0 Å². The Labute approximate surface area is 221 Å². The number of aliphatic hydroxyl groups excluding tert-OH is 1. The Morgan fingerprint density at radius 1 is 1.06 bits per heavy atom. The number of halogens is 2. The van der Waals surface area contributed by atoms with Crippen LogP contribution in [-0.2, 0) is 14.3 Å². The highest BCUT2D eigenvalue weighted by atomic mass is 35.5. The number of amides is 1. The van der Waals surface area contributed by atoms with Crippen LogP contribution in [-0.4, -0.2) is 72.1 Å². The fraction of sp³-hybridized carbons (Fsp3) is 0.407. The average molecular weight is 533 g/mol. The van der Waals surface area contributed by atoms with E-state index in [1.54, 1.807) is 42.5 Å². The van der Waals surface area contributed by atoms with Crippen molar-refractivity contribution >= 4 is 40.7 Å². The lowest BCUT2D eigenvalue weighted by molar-refractivity contribution is -0.140. The van der Waals surface area contributed by atoms with E-state index in [2.05, 4.69) is 4.90 Å². The number of Topliss-reactive ketones (excluding diaryl/α,β-unsaturated/α-hetero) is 1. The van der Waals surface area contributed by atoms with Crippen molar-refractivity contribution in [3.63, 3.8) is 0 Å². The smallest absolute Gasteiger partial charge is 0.295 e. The van der Waals surface area contributed by atoms with Gasteiger partial charge in [-0.25, -0.2) is 0 Å². The summed E-state index contributed by atoms with van der Waals surface area (Å²) in [4.78, 5) is 30.2. The summed E-state index contributed by atoms with van der Waals surface area (Å²) in [5, 5.41) is 11.9. The summed E-state index contributed by atoms with van der Waals surface area (Å²) in [6, 6.07) is 11.0. The van der Waals surface area contributed by atoms with Crippen molar-refractivity contribution in [2.24, 2.45) is 0 Å². The monoisotopic (exact) mass is 532 g/mol. The van der Waals surface area contributed by atoms with Gasteiger partial charge < -0.3 is 19.5 Å². The molecule has 1 atom stereocenters. The van der Waals surface area contributed by atoms with E-state index in [4.69, 9.17) is 32.7 Å². The molecule has 36 heavy (non-hydrogen) atoms. The van der Waals surface area contributed by atoms with Gasteiger partial charge in [0.15, 0.2) is 0 Å². The molecular weight excluding hydrogens is 503 g/mol. The van der Waals surface area contributed by atoms with Crippen molar-refractivity contribution in [1.82, 2.24) is 9.80 Å². The Hall–Kier alpha value is -2.58. The maximum Gasteiger partial charge on any atom is 0.295 e. The fourth-order valence-electron chi connectivity index (χ4n) is 4.55. The molecule has 192 valence electrons. The van der Waals surface area contributed by atoms with E-state index in [1.165, 1.54) is 4.90 Å². The Morgan fingerprint density at radius 3 is 2.39 bits per heavy atom. The molecule has 4 rings (SSSR count). The van der Waals surface area contributed by atoms with E-state index in [9.17, 15) is 14.7 Å². The molecular formula is C27H30Cl2N2O5. The summed E-state index contributed by atoms with van der Waals surface area (Å²) in [6.07, 6.45) is 0.674. The predicted molar refractivity (Wildman–Crippen MR) is 140 cm³/mol. The molecule has 0 aliphatic carbocycles. The zero-order valence-electron chi connectivity index (χ0n) is 20.4. The topological polar surface area (TPSA) is 79.3 Å². The van der Waals surface area contributed by atoms with Crippen LogP contribution < -0.4 is 4.74 Å². The van der Waals surface area contributed by atoms with E-state index in [0.29, 0.717) is 53.1 Å². The van der Waals surface area contributed by atoms with Gasteiger partial charge in [-0.15, -0.1) is 0 Å². The van der Waals surface area contributed by atoms with Crippen molar-refractivity contribution in [3.05, 3.63) is 69.2 Å². The lowest BCUT2D eigenvalue weighted by atomic mass is 9.95. The first kappa shape index (κ1) is 26.5. The van der Waals surface area contributed by atoms with Gasteiger partial charge in [-0.05, 0) is 62.2 Å². The summed E-state index contributed by atoms with van der Waals surface area (Å²) >= 11 is 12.4. The number of likely N-dealkylation sites (tertiary alicyclic amines) is 1. The first-order valence-corrected chi connectivity index (χ1v) is 12.8. The van der Waals surface area contributed by atoms with Crippen molar-refractivity contribution in [2.75, 3.05) is 39.4 Å². The maximum absolute atomic E-state index is 13.2. The lowest BCUT2D eigenvalue weighted by Gasteiger charge is -2.29. The largest absolute Gasteiger partial charge is 0.507 e. The molecule has 0 radical (unpaired) electrons. The standard InChI is InChI=1S/C27H30Cl2N2O5/c1-17(2)36-20-7-4-18(5-8-20)25(32)23-24(19-6-9-21(28)22(29)16-19)31(27(34)26(23)33)11-3-10-30-12-14-35-15-13-30/h4-9,16-17,24,32H,3,10-15H2,1-2H3/b25-23+. The third kappa shape index (κ3) is 5.86. The number of nitrogens with zero attached hydrogens (tertiary/aromatic N) is 2. The molecule has 0 spiro atoms. The Morgan fingerprint density at radius 2 is 1.75 bits per heavy atom. The van der Waals surface area contributed by atoms with Crippen LogP contribution in [0.3, 0.4) is 0 Å². The normalized spacial score (nSPS) is 20.4. The number of aliphatic hydroxyl groups is 1. The third-order valence-corrected chi connectivity index (χ3v) is 7.01. The van der Waals surface area contributed by atoms with Gasteiger partial charge in [0.05, 0.1) is 41.0 Å². The van der Waals surface area contributed by atoms with Crippen molar-refractivity contribution in [1.29, 1.82) is 0 Å². The van der Waals surface area contributed by atoms with Gasteiger partial charge in [0.2, 0.25) is 0 Å². The van der Waals surface area contributed by atoms with Gasteiger partial charge in [-0.2, -0.15) is 0 Å². The maximum atomic E-state index is 13.2. The van der Waals surface area contributed by atoms with E-state index in [1.807, 2.05) is 13.8 Å². The van der Waals surface area contributed by atoms with Crippen LogP contribution in [0, 0.1) is 0 Å². The quantitative estimate of drug-likeness (QED) is 0.295. The van der Waals surface area contributed by atoms with Gasteiger partial charge in [0.1, 0.15) is 11.5 Å². The lowest BCUT2D eigenvalue weighted by Crippen LogP contribution is -2.38. The molecule has 9 heteroatoms. The summed E-state index contributed by atoms with van der Waals surface area (Å²) in [7, 11) is 0. The molecule has 1 N–H and O–H groups in total. The van der Waals surface area contributed by atoms with E-state index < -0.39 is 17.7 Å². The number of carbonyl (C=O) groups excluding carboxylic acids is 2. The van der Waals surface area contributed by atoms with E-state index in [0.717, 1.165) is 19.6 Å². The second kappa shape index (κ2) is 11.6. The number of ether oxygens (including phenoxy) is 2.